The highest BCUT2D eigenvalue weighted by atomic mass is 16.4. The molecule has 0 aliphatic carbocycles. The lowest BCUT2D eigenvalue weighted by Crippen LogP contribution is -2.37. The van der Waals surface area contributed by atoms with Crippen LogP contribution in [-0.2, 0) is 0 Å². The highest BCUT2D eigenvalue weighted by Gasteiger charge is 2.18. The average Bonchev–Trinajstić information content (AvgIpc) is 2.32. The molecule has 11 heavy (non-hydrogen) atoms. The van der Waals surface area contributed by atoms with Crippen LogP contribution in [-0.4, -0.2) is 18.1 Å². The van der Waals surface area contributed by atoms with E-state index in [1.165, 1.54) is 12.7 Å². The summed E-state index contributed by atoms with van der Waals surface area (Å²) in [6.07, 6.45) is 2.57. The molecule has 2 heterocycles. The van der Waals surface area contributed by atoms with E-state index in [-0.39, 0.29) is 0 Å². The molecule has 1 aromatic heterocycles. The zero-order chi connectivity index (χ0) is 7.68. The Bertz CT molecular complexity index is 295. The van der Waals surface area contributed by atoms with Gasteiger partial charge in [-0.15, -0.1) is 0 Å². The highest BCUT2D eigenvalue weighted by molar-refractivity contribution is 5.33. The van der Waals surface area contributed by atoms with Crippen molar-refractivity contribution in [1.82, 2.24) is 4.98 Å². The van der Waals surface area contributed by atoms with Crippen LogP contribution in [0.3, 0.4) is 0 Å². The van der Waals surface area contributed by atoms with Crippen LogP contribution < -0.4 is 4.90 Å². The predicted molar refractivity (Wildman–Crippen MR) is 38.0 cm³/mol. The van der Waals surface area contributed by atoms with Gasteiger partial charge in [0.05, 0.1) is 0 Å². The average molecular weight is 149 g/mol. The van der Waals surface area contributed by atoms with Gasteiger partial charge in [-0.25, -0.2) is 0 Å². The van der Waals surface area contributed by atoms with Gasteiger partial charge in [0.1, 0.15) is 12.3 Å². The van der Waals surface area contributed by atoms with E-state index in [1.807, 2.05) is 11.0 Å². The summed E-state index contributed by atoms with van der Waals surface area (Å²) >= 11 is 0. The van der Waals surface area contributed by atoms with E-state index in [1.54, 1.807) is 0 Å². The summed E-state index contributed by atoms with van der Waals surface area (Å²) in [4.78, 5) is 5.95. The van der Waals surface area contributed by atoms with Gasteiger partial charge in [-0.05, 0) is 6.42 Å². The summed E-state index contributed by atoms with van der Waals surface area (Å²) in [5.41, 5.74) is 0.354. The zero-order valence-electron chi connectivity index (χ0n) is 5.95. The Hall–Kier alpha value is -1.50. The van der Waals surface area contributed by atoms with Crippen molar-refractivity contribution < 1.29 is 4.42 Å². The monoisotopic (exact) mass is 149 g/mol. The first kappa shape index (κ1) is 6.23. The van der Waals surface area contributed by atoms with Gasteiger partial charge in [0.25, 0.3) is 6.01 Å². The lowest BCUT2D eigenvalue weighted by molar-refractivity contribution is 0.489. The highest BCUT2D eigenvalue weighted by Crippen LogP contribution is 2.18. The SMILES string of the molecule is N#Cc1coc(N2CCC2)n1. The summed E-state index contributed by atoms with van der Waals surface area (Å²) in [7, 11) is 0. The molecule has 1 aliphatic rings. The molecular formula is C7H7N3O. The van der Waals surface area contributed by atoms with Crippen molar-refractivity contribution in [1.29, 1.82) is 5.26 Å². The van der Waals surface area contributed by atoms with Crippen molar-refractivity contribution >= 4 is 6.01 Å². The summed E-state index contributed by atoms with van der Waals surface area (Å²) < 4.78 is 5.05. The fourth-order valence-electron chi connectivity index (χ4n) is 0.968. The van der Waals surface area contributed by atoms with E-state index in [0.717, 1.165) is 13.1 Å². The standard InChI is InChI=1S/C7H7N3O/c8-4-6-5-11-7(9-6)10-2-1-3-10/h5H,1-3H2. The van der Waals surface area contributed by atoms with Crippen molar-refractivity contribution in [3.05, 3.63) is 12.0 Å². The number of rotatable bonds is 1. The quantitative estimate of drug-likeness (QED) is 0.591. The molecule has 4 nitrogen and oxygen atoms in total. The number of nitrogens with zero attached hydrogens (tertiary/aromatic N) is 3. The first-order valence-electron chi connectivity index (χ1n) is 3.51. The minimum Gasteiger partial charge on any atom is -0.431 e. The number of hydrogen-bond donors (Lipinski definition) is 0. The first-order chi connectivity index (χ1) is 5.40. The van der Waals surface area contributed by atoms with Crippen LogP contribution in [0.5, 0.6) is 0 Å². The number of anilines is 1. The van der Waals surface area contributed by atoms with Crippen LogP contribution in [0, 0.1) is 11.3 Å². The van der Waals surface area contributed by atoms with Gasteiger partial charge in [-0.1, -0.05) is 0 Å². The number of oxazole rings is 1. The molecule has 1 aliphatic heterocycles. The van der Waals surface area contributed by atoms with E-state index < -0.39 is 0 Å². The van der Waals surface area contributed by atoms with Gasteiger partial charge in [0, 0.05) is 13.1 Å². The van der Waals surface area contributed by atoms with Gasteiger partial charge in [0.2, 0.25) is 0 Å². The Kier molecular flexibility index (Phi) is 1.29. The summed E-state index contributed by atoms with van der Waals surface area (Å²) in [5.74, 6) is 0. The maximum Gasteiger partial charge on any atom is 0.298 e. The Morgan fingerprint density at radius 2 is 2.45 bits per heavy atom. The van der Waals surface area contributed by atoms with Crippen molar-refractivity contribution in [3.63, 3.8) is 0 Å². The van der Waals surface area contributed by atoms with Crippen molar-refractivity contribution in [2.24, 2.45) is 0 Å². The Balaban J connectivity index is 2.19. The number of nitriles is 1. The Morgan fingerprint density at radius 1 is 1.64 bits per heavy atom. The second-order valence-electron chi connectivity index (χ2n) is 2.47. The summed E-state index contributed by atoms with van der Waals surface area (Å²) in [6.45, 7) is 1.98. The first-order valence-corrected chi connectivity index (χ1v) is 3.51. The maximum absolute atomic E-state index is 8.43. The van der Waals surface area contributed by atoms with Crippen LogP contribution >= 0.6 is 0 Å². The molecule has 4 heteroatoms. The van der Waals surface area contributed by atoms with Crippen molar-refractivity contribution in [3.8, 4) is 6.07 Å². The van der Waals surface area contributed by atoms with Crippen LogP contribution in [0.25, 0.3) is 0 Å². The summed E-state index contributed by atoms with van der Waals surface area (Å²) in [6, 6.07) is 2.50. The van der Waals surface area contributed by atoms with Gasteiger partial charge >= 0.3 is 0 Å². The second kappa shape index (κ2) is 2.27. The molecule has 0 saturated carbocycles. The molecule has 0 aromatic carbocycles. The number of hydrogen-bond acceptors (Lipinski definition) is 4. The summed E-state index contributed by atoms with van der Waals surface area (Å²) in [5, 5.41) is 8.43. The third kappa shape index (κ3) is 0.944. The maximum atomic E-state index is 8.43. The molecule has 2 rings (SSSR count). The van der Waals surface area contributed by atoms with E-state index >= 15 is 0 Å². The third-order valence-electron chi connectivity index (χ3n) is 1.73. The van der Waals surface area contributed by atoms with Gasteiger partial charge < -0.3 is 9.32 Å². The molecule has 0 bridgehead atoms. The van der Waals surface area contributed by atoms with Crippen LogP contribution in [0.1, 0.15) is 12.1 Å². The minimum absolute atomic E-state index is 0.354. The Morgan fingerprint density at radius 3 is 2.91 bits per heavy atom. The lowest BCUT2D eigenvalue weighted by atomic mass is 10.2. The predicted octanol–water partition coefficient (Wildman–Crippen LogP) is 0.756. The zero-order valence-corrected chi connectivity index (χ0v) is 5.95. The number of aromatic nitrogens is 1. The van der Waals surface area contributed by atoms with Crippen molar-refractivity contribution in [2.45, 2.75) is 6.42 Å². The van der Waals surface area contributed by atoms with Crippen LogP contribution in [0.2, 0.25) is 0 Å². The second-order valence-corrected chi connectivity index (χ2v) is 2.47. The normalized spacial score (nSPS) is 15.7. The van der Waals surface area contributed by atoms with Gasteiger partial charge in [-0.2, -0.15) is 10.2 Å². The minimum atomic E-state index is 0.354. The molecule has 0 unspecified atom stereocenters. The molecule has 0 amide bonds. The molecule has 56 valence electrons. The fraction of sp³-hybridized carbons (Fsp3) is 0.429. The van der Waals surface area contributed by atoms with Gasteiger partial charge in [0.15, 0.2) is 5.69 Å². The van der Waals surface area contributed by atoms with E-state index in [0.29, 0.717) is 11.7 Å². The molecule has 1 aromatic rings. The third-order valence-corrected chi connectivity index (χ3v) is 1.73. The van der Waals surface area contributed by atoms with E-state index in [2.05, 4.69) is 4.98 Å². The largest absolute Gasteiger partial charge is 0.431 e. The molecule has 0 spiro atoms. The Labute approximate surface area is 64.1 Å². The van der Waals surface area contributed by atoms with Crippen LogP contribution in [0.15, 0.2) is 10.7 Å². The molecule has 0 radical (unpaired) electrons. The molecule has 0 N–H and O–H groups in total. The van der Waals surface area contributed by atoms with E-state index in [9.17, 15) is 0 Å². The molecular weight excluding hydrogens is 142 g/mol. The lowest BCUT2D eigenvalue weighted by Gasteiger charge is -2.28. The molecule has 1 fully saturated rings. The topological polar surface area (TPSA) is 53.1 Å². The van der Waals surface area contributed by atoms with Crippen molar-refractivity contribution in [2.75, 3.05) is 18.0 Å². The van der Waals surface area contributed by atoms with Gasteiger partial charge in [-0.3, -0.25) is 0 Å². The smallest absolute Gasteiger partial charge is 0.298 e. The van der Waals surface area contributed by atoms with Crippen LogP contribution in [0.4, 0.5) is 6.01 Å². The fourth-order valence-corrected chi connectivity index (χ4v) is 0.968. The molecule has 0 atom stereocenters. The molecule has 1 saturated heterocycles. The van der Waals surface area contributed by atoms with E-state index in [4.69, 9.17) is 9.68 Å².